The number of pyridine rings is 1. The SMILES string of the molecule is Cc1nn(C)cc1-c1cc(C(F)F)nc2sc(C(N)=O)c(NC(=O)c3c(I)cnn3C)c12. The van der Waals surface area contributed by atoms with Gasteiger partial charge in [0.1, 0.15) is 21.1 Å². The average Bonchev–Trinajstić information content (AvgIpc) is 3.35. The first-order chi connectivity index (χ1) is 15.1. The monoisotopic (exact) mass is 571 g/mol. The molecule has 4 rings (SSSR count). The zero-order chi connectivity index (χ0) is 23.3. The molecule has 0 aliphatic heterocycles. The van der Waals surface area contributed by atoms with Crippen LogP contribution in [0.5, 0.6) is 0 Å². The molecule has 2 amide bonds. The molecule has 0 radical (unpaired) electrons. The lowest BCUT2D eigenvalue weighted by atomic mass is 10.0. The molecule has 4 aromatic rings. The first kappa shape index (κ1) is 22.3. The van der Waals surface area contributed by atoms with E-state index in [-0.39, 0.29) is 21.1 Å². The maximum absolute atomic E-state index is 13.6. The molecule has 0 saturated heterocycles. The van der Waals surface area contributed by atoms with Crippen molar-refractivity contribution in [3.05, 3.63) is 44.0 Å². The molecular formula is C19H16F2IN7O2S. The van der Waals surface area contributed by atoms with Crippen molar-refractivity contribution in [2.24, 2.45) is 19.8 Å². The van der Waals surface area contributed by atoms with Gasteiger partial charge < -0.3 is 11.1 Å². The molecule has 13 heteroatoms. The van der Waals surface area contributed by atoms with Crippen LogP contribution in [0.15, 0.2) is 18.5 Å². The minimum absolute atomic E-state index is 0.00670. The van der Waals surface area contributed by atoms with Gasteiger partial charge >= 0.3 is 0 Å². The van der Waals surface area contributed by atoms with Crippen molar-refractivity contribution < 1.29 is 18.4 Å². The number of carbonyl (C=O) groups is 2. The van der Waals surface area contributed by atoms with E-state index in [9.17, 15) is 18.4 Å². The fraction of sp³-hybridized carbons (Fsp3) is 0.211. The number of thiophene rings is 1. The normalized spacial score (nSPS) is 11.5. The highest BCUT2D eigenvalue weighted by Gasteiger charge is 2.27. The van der Waals surface area contributed by atoms with Gasteiger partial charge in [-0.1, -0.05) is 0 Å². The molecular weight excluding hydrogens is 555 g/mol. The van der Waals surface area contributed by atoms with E-state index in [2.05, 4.69) is 20.5 Å². The number of fused-ring (bicyclic) bond motifs is 1. The van der Waals surface area contributed by atoms with Crippen LogP contribution in [0, 0.1) is 10.5 Å². The van der Waals surface area contributed by atoms with Crippen LogP contribution in [0.3, 0.4) is 0 Å². The van der Waals surface area contributed by atoms with Crippen LogP contribution in [0.1, 0.15) is 38.0 Å². The summed E-state index contributed by atoms with van der Waals surface area (Å²) in [6.07, 6.45) is 0.372. The Hall–Kier alpha value is -2.94. The minimum Gasteiger partial charge on any atom is -0.365 e. The van der Waals surface area contributed by atoms with Crippen molar-refractivity contribution in [2.75, 3.05) is 5.32 Å². The van der Waals surface area contributed by atoms with E-state index in [4.69, 9.17) is 5.73 Å². The Kier molecular flexibility index (Phi) is 5.70. The second-order valence-electron chi connectivity index (χ2n) is 6.97. The van der Waals surface area contributed by atoms with Gasteiger partial charge in [0.2, 0.25) is 0 Å². The van der Waals surface area contributed by atoms with Crippen LogP contribution in [0.25, 0.3) is 21.3 Å². The van der Waals surface area contributed by atoms with Crippen LogP contribution < -0.4 is 11.1 Å². The van der Waals surface area contributed by atoms with E-state index in [1.807, 2.05) is 22.6 Å². The van der Waals surface area contributed by atoms with Crippen LogP contribution in [0.4, 0.5) is 14.5 Å². The minimum atomic E-state index is -2.83. The Balaban J connectivity index is 2.01. The number of nitrogens with two attached hydrogens (primary N) is 1. The Bertz CT molecular complexity index is 1370. The molecule has 0 saturated carbocycles. The van der Waals surface area contributed by atoms with Gasteiger partial charge in [0.05, 0.1) is 21.1 Å². The number of aryl methyl sites for hydroxylation is 3. The molecule has 32 heavy (non-hydrogen) atoms. The molecule has 0 aliphatic carbocycles. The van der Waals surface area contributed by atoms with Crippen LogP contribution in [-0.2, 0) is 14.1 Å². The van der Waals surface area contributed by atoms with Gasteiger partial charge in [-0.05, 0) is 41.1 Å². The van der Waals surface area contributed by atoms with Crippen molar-refractivity contribution in [1.29, 1.82) is 0 Å². The third-order valence-corrected chi connectivity index (χ3v) is 6.67. The summed E-state index contributed by atoms with van der Waals surface area (Å²) >= 11 is 2.82. The summed E-state index contributed by atoms with van der Waals surface area (Å²) in [7, 11) is 3.32. The summed E-state index contributed by atoms with van der Waals surface area (Å²) in [5.74, 6) is -1.33. The Morgan fingerprint density at radius 1 is 1.28 bits per heavy atom. The Morgan fingerprint density at radius 2 is 2.00 bits per heavy atom. The summed E-state index contributed by atoms with van der Waals surface area (Å²) < 4.78 is 30.7. The summed E-state index contributed by atoms with van der Waals surface area (Å²) in [5, 5.41) is 11.4. The molecule has 0 bridgehead atoms. The number of rotatable bonds is 5. The van der Waals surface area contributed by atoms with Gasteiger partial charge in [0.15, 0.2) is 0 Å². The first-order valence-electron chi connectivity index (χ1n) is 9.13. The molecule has 0 aliphatic rings. The second-order valence-corrected chi connectivity index (χ2v) is 9.13. The maximum Gasteiger partial charge on any atom is 0.280 e. The number of nitrogens with one attached hydrogen (secondary N) is 1. The smallest absolute Gasteiger partial charge is 0.280 e. The van der Waals surface area contributed by atoms with Crippen molar-refractivity contribution >= 4 is 61.6 Å². The highest BCUT2D eigenvalue weighted by atomic mass is 127. The number of alkyl halides is 2. The lowest BCUT2D eigenvalue weighted by molar-refractivity contribution is 0.100. The molecule has 166 valence electrons. The number of nitrogens with zero attached hydrogens (tertiary/aromatic N) is 5. The predicted octanol–water partition coefficient (Wildman–Crippen LogP) is 3.63. The van der Waals surface area contributed by atoms with E-state index in [1.165, 1.54) is 16.9 Å². The highest BCUT2D eigenvalue weighted by Crippen LogP contribution is 2.43. The molecule has 0 fully saturated rings. The zero-order valence-electron chi connectivity index (χ0n) is 17.0. The lowest BCUT2D eigenvalue weighted by Crippen LogP contribution is -2.20. The van der Waals surface area contributed by atoms with Crippen molar-refractivity contribution in [3.63, 3.8) is 0 Å². The van der Waals surface area contributed by atoms with E-state index < -0.39 is 23.9 Å². The van der Waals surface area contributed by atoms with Crippen molar-refractivity contribution in [3.8, 4) is 11.1 Å². The number of anilines is 1. The van der Waals surface area contributed by atoms with E-state index >= 15 is 0 Å². The summed E-state index contributed by atoms with van der Waals surface area (Å²) in [4.78, 5) is 29.4. The summed E-state index contributed by atoms with van der Waals surface area (Å²) in [6, 6.07) is 1.25. The van der Waals surface area contributed by atoms with Crippen molar-refractivity contribution in [1.82, 2.24) is 24.5 Å². The van der Waals surface area contributed by atoms with Gasteiger partial charge in [-0.15, -0.1) is 11.3 Å². The Labute approximate surface area is 197 Å². The standard InChI is InChI=1S/C19H16F2IN7O2S/c1-7-9(6-28(2)27-7)8-4-11(16(20)21)25-19-12(8)13(15(32-19)17(23)30)26-18(31)14-10(22)5-24-29(14)3/h4-6,16H,1-3H3,(H2,23,30)(H,26,31). The highest BCUT2D eigenvalue weighted by molar-refractivity contribution is 14.1. The fourth-order valence-corrected chi connectivity index (χ4v) is 5.17. The van der Waals surface area contributed by atoms with E-state index in [1.54, 1.807) is 31.9 Å². The van der Waals surface area contributed by atoms with E-state index in [0.29, 0.717) is 25.8 Å². The third kappa shape index (κ3) is 3.74. The molecule has 0 unspecified atom stereocenters. The number of halogens is 3. The van der Waals surface area contributed by atoms with E-state index in [0.717, 1.165) is 11.3 Å². The number of amides is 2. The van der Waals surface area contributed by atoms with Crippen LogP contribution >= 0.6 is 33.9 Å². The lowest BCUT2D eigenvalue weighted by Gasteiger charge is -2.11. The number of hydrogen-bond donors (Lipinski definition) is 2. The third-order valence-electron chi connectivity index (χ3n) is 4.78. The molecule has 4 heterocycles. The van der Waals surface area contributed by atoms with Gasteiger partial charge in [0, 0.05) is 31.2 Å². The van der Waals surface area contributed by atoms with Gasteiger partial charge in [0.25, 0.3) is 18.2 Å². The largest absolute Gasteiger partial charge is 0.365 e. The quantitative estimate of drug-likeness (QED) is 0.355. The summed E-state index contributed by atoms with van der Waals surface area (Å²) in [6.45, 7) is 1.74. The molecule has 9 nitrogen and oxygen atoms in total. The zero-order valence-corrected chi connectivity index (χ0v) is 20.0. The van der Waals surface area contributed by atoms with Crippen LogP contribution in [0.2, 0.25) is 0 Å². The molecule has 3 N–H and O–H groups in total. The summed E-state index contributed by atoms with van der Waals surface area (Å²) in [5.41, 5.74) is 7.03. The molecule has 4 aromatic heterocycles. The number of primary amides is 1. The molecule has 0 spiro atoms. The van der Waals surface area contributed by atoms with Crippen LogP contribution in [-0.4, -0.2) is 36.4 Å². The number of hydrogen-bond acceptors (Lipinski definition) is 6. The maximum atomic E-state index is 13.6. The average molecular weight is 571 g/mol. The molecule has 0 aromatic carbocycles. The van der Waals surface area contributed by atoms with Gasteiger partial charge in [-0.25, -0.2) is 13.8 Å². The topological polar surface area (TPSA) is 121 Å². The van der Waals surface area contributed by atoms with Gasteiger partial charge in [-0.3, -0.25) is 19.0 Å². The van der Waals surface area contributed by atoms with Crippen molar-refractivity contribution in [2.45, 2.75) is 13.3 Å². The second kappa shape index (κ2) is 8.20. The first-order valence-corrected chi connectivity index (χ1v) is 11.0. The molecule has 0 atom stereocenters. The van der Waals surface area contributed by atoms with Gasteiger partial charge in [-0.2, -0.15) is 10.2 Å². The predicted molar refractivity (Wildman–Crippen MR) is 124 cm³/mol. The fourth-order valence-electron chi connectivity index (χ4n) is 3.44. The number of aromatic nitrogens is 5. The number of carbonyl (C=O) groups excluding carboxylic acids is 2. The Morgan fingerprint density at radius 3 is 2.53 bits per heavy atom.